The first-order valence-electron chi connectivity index (χ1n) is 21.7. The monoisotopic (exact) mass is 818 g/mol. The summed E-state index contributed by atoms with van der Waals surface area (Å²) in [6.45, 7) is 0. The Hall–Kier alpha value is -8.60. The van der Waals surface area contributed by atoms with Crippen molar-refractivity contribution in [2.24, 2.45) is 0 Å². The molecule has 0 unspecified atom stereocenters. The molecule has 4 heteroatoms. The molecule has 11 aromatic rings. The molecule has 3 heterocycles. The predicted octanol–water partition coefficient (Wildman–Crippen LogP) is 16.8. The first-order valence-corrected chi connectivity index (χ1v) is 21.7. The highest BCUT2D eigenvalue weighted by Crippen LogP contribution is 2.51. The third kappa shape index (κ3) is 5.77. The summed E-state index contributed by atoms with van der Waals surface area (Å²) in [6.07, 6.45) is 0. The number of aromatic nitrogens is 1. The fourth-order valence-corrected chi connectivity index (χ4v) is 9.87. The van der Waals surface area contributed by atoms with E-state index in [0.29, 0.717) is 0 Å². The van der Waals surface area contributed by atoms with Crippen LogP contribution in [-0.2, 0) is 0 Å². The van der Waals surface area contributed by atoms with E-state index in [9.17, 15) is 0 Å². The van der Waals surface area contributed by atoms with Crippen LogP contribution in [0.15, 0.2) is 231 Å². The number of benzene rings is 10. The summed E-state index contributed by atoms with van der Waals surface area (Å²) in [5.74, 6) is 3.38. The van der Waals surface area contributed by atoms with E-state index in [1.54, 1.807) is 0 Å². The zero-order chi connectivity index (χ0) is 42.1. The molecular weight excluding hydrogens is 781 g/mol. The second-order valence-electron chi connectivity index (χ2n) is 16.5. The van der Waals surface area contributed by atoms with Gasteiger partial charge in [-0.2, -0.15) is 0 Å². The molecule has 0 saturated carbocycles. The van der Waals surface area contributed by atoms with E-state index in [-0.39, 0.29) is 0 Å². The van der Waals surface area contributed by atoms with Gasteiger partial charge in [-0.25, -0.2) is 0 Å². The van der Waals surface area contributed by atoms with Gasteiger partial charge in [-0.15, -0.1) is 0 Å². The van der Waals surface area contributed by atoms with Crippen LogP contribution in [0.5, 0.6) is 23.0 Å². The van der Waals surface area contributed by atoms with Gasteiger partial charge in [0.25, 0.3) is 0 Å². The van der Waals surface area contributed by atoms with Crippen LogP contribution in [-0.4, -0.2) is 4.57 Å². The minimum absolute atomic E-state index is 0.814. The van der Waals surface area contributed by atoms with Crippen LogP contribution in [0.1, 0.15) is 0 Å². The summed E-state index contributed by atoms with van der Waals surface area (Å²) in [7, 11) is 0. The average molecular weight is 819 g/mol. The highest BCUT2D eigenvalue weighted by Gasteiger charge is 2.25. The Morgan fingerprint density at radius 3 is 1.45 bits per heavy atom. The van der Waals surface area contributed by atoms with Crippen molar-refractivity contribution in [3.8, 4) is 84.3 Å². The van der Waals surface area contributed by atoms with E-state index in [1.807, 2.05) is 24.3 Å². The zero-order valence-electron chi connectivity index (χ0n) is 34.7. The molecule has 4 nitrogen and oxygen atoms in total. The minimum atomic E-state index is 0.814. The Kier molecular flexibility index (Phi) is 8.18. The second kappa shape index (κ2) is 14.5. The lowest BCUT2D eigenvalue weighted by atomic mass is 9.91. The molecule has 0 saturated heterocycles. The first-order chi connectivity index (χ1) is 31.7. The summed E-state index contributed by atoms with van der Waals surface area (Å²) >= 11 is 0. The first kappa shape index (κ1) is 36.1. The number of para-hydroxylation sites is 5. The molecule has 0 bridgehead atoms. The molecule has 0 radical (unpaired) electrons. The molecular formula is C60H38N2O2. The summed E-state index contributed by atoms with van der Waals surface area (Å²) in [5, 5.41) is 2.39. The van der Waals surface area contributed by atoms with Crippen molar-refractivity contribution >= 4 is 38.9 Å². The smallest absolute Gasteiger partial charge is 0.137 e. The molecule has 0 amide bonds. The van der Waals surface area contributed by atoms with Gasteiger partial charge in [-0.3, -0.25) is 0 Å². The molecule has 10 aromatic carbocycles. The normalized spacial score (nSPS) is 12.0. The Bertz CT molecular complexity index is 3620. The van der Waals surface area contributed by atoms with Crippen molar-refractivity contribution in [2.45, 2.75) is 0 Å². The molecule has 0 atom stereocenters. The maximum Gasteiger partial charge on any atom is 0.137 e. The molecule has 0 aliphatic carbocycles. The van der Waals surface area contributed by atoms with Crippen molar-refractivity contribution in [3.05, 3.63) is 231 Å². The van der Waals surface area contributed by atoms with Gasteiger partial charge in [0, 0.05) is 61.8 Å². The number of rotatable bonds is 5. The van der Waals surface area contributed by atoms with Crippen LogP contribution < -0.4 is 14.4 Å². The fraction of sp³-hybridized carbons (Fsp3) is 0. The van der Waals surface area contributed by atoms with E-state index in [1.165, 1.54) is 16.3 Å². The van der Waals surface area contributed by atoms with Crippen LogP contribution >= 0.6 is 0 Å². The van der Waals surface area contributed by atoms with Crippen molar-refractivity contribution in [1.82, 2.24) is 4.57 Å². The van der Waals surface area contributed by atoms with E-state index in [0.717, 1.165) is 107 Å². The van der Waals surface area contributed by atoms with Crippen molar-refractivity contribution < 1.29 is 9.47 Å². The van der Waals surface area contributed by atoms with E-state index < -0.39 is 0 Å². The molecule has 64 heavy (non-hydrogen) atoms. The van der Waals surface area contributed by atoms with E-state index in [2.05, 4.69) is 216 Å². The van der Waals surface area contributed by atoms with Crippen LogP contribution in [0.2, 0.25) is 0 Å². The Labute approximate surface area is 371 Å². The highest BCUT2D eigenvalue weighted by atomic mass is 16.5. The summed E-state index contributed by atoms with van der Waals surface area (Å²) < 4.78 is 15.7. The average Bonchev–Trinajstić information content (AvgIpc) is 3.51. The SMILES string of the molecule is c1ccc(-n2c3ccccc3c3cc(N(c4ccc(-c5ccc6c(c5)-c5ccccc5Oc5ccccc5-6)cc4)c4ccc5c(c4)Oc4ccccc4-c4ccccc4-5)ccc32)cc1. The van der Waals surface area contributed by atoms with Crippen LogP contribution in [0.3, 0.4) is 0 Å². The van der Waals surface area contributed by atoms with Gasteiger partial charge in [-0.1, -0.05) is 140 Å². The minimum Gasteiger partial charge on any atom is -0.456 e. The van der Waals surface area contributed by atoms with Gasteiger partial charge < -0.3 is 18.9 Å². The van der Waals surface area contributed by atoms with Gasteiger partial charge in [0.05, 0.1) is 11.0 Å². The molecule has 0 N–H and O–H groups in total. The standard InChI is InChI=1S/C60H38N2O2/c1-2-14-41(15-3-1)62-55-22-10-6-18-48(55)54-37-43(32-35-56(54)62)61(44-31-34-52-46-17-5-4-16-45(46)49-19-7-12-24-58(49)64-60(52)38-44)42-29-26-39(27-30-42)40-28-33-47-50-20-8-11-23-57(50)63-59-25-13-9-21-51(59)53(47)36-40/h1-38H. The summed E-state index contributed by atoms with van der Waals surface area (Å²) in [5.41, 5.74) is 17.7. The lowest BCUT2D eigenvalue weighted by Crippen LogP contribution is -2.10. The van der Waals surface area contributed by atoms with E-state index >= 15 is 0 Å². The third-order valence-electron chi connectivity index (χ3n) is 12.8. The summed E-state index contributed by atoms with van der Waals surface area (Å²) in [6, 6.07) is 82.1. The lowest BCUT2D eigenvalue weighted by molar-refractivity contribution is 0.487. The number of hydrogen-bond donors (Lipinski definition) is 0. The van der Waals surface area contributed by atoms with Crippen molar-refractivity contribution in [1.29, 1.82) is 0 Å². The van der Waals surface area contributed by atoms with Gasteiger partial charge in [0.15, 0.2) is 0 Å². The largest absolute Gasteiger partial charge is 0.456 e. The maximum atomic E-state index is 6.87. The van der Waals surface area contributed by atoms with E-state index in [4.69, 9.17) is 9.47 Å². The molecule has 0 fully saturated rings. The number of fused-ring (bicyclic) bond motifs is 13. The van der Waals surface area contributed by atoms with Crippen molar-refractivity contribution in [3.63, 3.8) is 0 Å². The predicted molar refractivity (Wildman–Crippen MR) is 263 cm³/mol. The highest BCUT2D eigenvalue weighted by molar-refractivity contribution is 6.11. The molecule has 0 spiro atoms. The Balaban J connectivity index is 0.973. The summed E-state index contributed by atoms with van der Waals surface area (Å²) in [4.78, 5) is 2.35. The van der Waals surface area contributed by atoms with Gasteiger partial charge in [0.1, 0.15) is 23.0 Å². The molecule has 2 aliphatic heterocycles. The van der Waals surface area contributed by atoms with Gasteiger partial charge >= 0.3 is 0 Å². The van der Waals surface area contributed by atoms with Crippen LogP contribution in [0, 0.1) is 0 Å². The number of ether oxygens (including phenoxy) is 2. The Morgan fingerprint density at radius 2 is 0.750 bits per heavy atom. The van der Waals surface area contributed by atoms with Crippen LogP contribution in [0.4, 0.5) is 17.1 Å². The lowest BCUT2D eigenvalue weighted by Gasteiger charge is -2.27. The van der Waals surface area contributed by atoms with Gasteiger partial charge in [-0.05, 0) is 118 Å². The zero-order valence-corrected chi connectivity index (χ0v) is 34.7. The quantitative estimate of drug-likeness (QED) is 0.173. The van der Waals surface area contributed by atoms with Crippen LogP contribution in [0.25, 0.3) is 83.1 Å². The van der Waals surface area contributed by atoms with Crippen molar-refractivity contribution in [2.75, 3.05) is 4.90 Å². The topological polar surface area (TPSA) is 26.6 Å². The number of hydrogen-bond acceptors (Lipinski definition) is 3. The molecule has 300 valence electrons. The molecule has 13 rings (SSSR count). The third-order valence-corrected chi connectivity index (χ3v) is 12.8. The second-order valence-corrected chi connectivity index (χ2v) is 16.5. The molecule has 2 aliphatic rings. The van der Waals surface area contributed by atoms with Gasteiger partial charge in [0.2, 0.25) is 0 Å². The Morgan fingerprint density at radius 1 is 0.281 bits per heavy atom. The fourth-order valence-electron chi connectivity index (χ4n) is 9.87. The molecule has 1 aromatic heterocycles. The number of nitrogens with zero attached hydrogens (tertiary/aromatic N) is 2. The number of anilines is 3. The maximum absolute atomic E-state index is 6.87.